The molecule has 1 aromatic carbocycles. The topological polar surface area (TPSA) is 46.2 Å². The van der Waals surface area contributed by atoms with E-state index in [2.05, 4.69) is 15.9 Å². The van der Waals surface area contributed by atoms with Gasteiger partial charge in [-0.05, 0) is 12.1 Å². The van der Waals surface area contributed by atoms with Crippen molar-refractivity contribution in [1.82, 2.24) is 0 Å². The Balaban J connectivity index is 2.81. The third-order valence-electron chi connectivity index (χ3n) is 1.85. The molecule has 0 spiro atoms. The predicted molar refractivity (Wildman–Crippen MR) is 63.4 cm³/mol. The second-order valence-electron chi connectivity index (χ2n) is 3.05. The smallest absolute Gasteiger partial charge is 0.250 e. The molecule has 0 aromatic heterocycles. The summed E-state index contributed by atoms with van der Waals surface area (Å²) >= 11 is 8.36. The van der Waals surface area contributed by atoms with Crippen molar-refractivity contribution in [3.05, 3.63) is 29.8 Å². The Hall–Kier alpha value is -1.01. The van der Waals surface area contributed by atoms with Crippen LogP contribution in [0.15, 0.2) is 18.2 Å². The summed E-state index contributed by atoms with van der Waals surface area (Å²) in [6.07, 6.45) is 0. The summed E-state index contributed by atoms with van der Waals surface area (Å²) in [4.78, 5) is 22.5. The lowest BCUT2D eigenvalue weighted by molar-refractivity contribution is -0.123. The molecule has 0 bridgehead atoms. The van der Waals surface area contributed by atoms with Gasteiger partial charge in [0.15, 0.2) is 22.8 Å². The van der Waals surface area contributed by atoms with E-state index in [0.717, 1.165) is 6.07 Å². The number of hydrogen-bond acceptors (Lipinski definition) is 2. The number of anilines is 1. The monoisotopic (exact) mass is 325 g/mol. The molecule has 1 atom stereocenters. The summed E-state index contributed by atoms with van der Waals surface area (Å²) in [5, 5.41) is 0.494. The van der Waals surface area contributed by atoms with Crippen molar-refractivity contribution < 1.29 is 18.4 Å². The molecule has 1 rings (SSSR count). The SMILES string of the molecule is O=C(CBr)C(Cl)C(=O)Nc1cccc(F)c1F. The molecule has 1 N–H and O–H groups in total. The first-order valence-electron chi connectivity index (χ1n) is 4.45. The fourth-order valence-electron chi connectivity index (χ4n) is 1.01. The molecule has 0 aliphatic heterocycles. The normalized spacial score (nSPS) is 12.0. The van der Waals surface area contributed by atoms with E-state index in [1.54, 1.807) is 0 Å². The lowest BCUT2D eigenvalue weighted by Crippen LogP contribution is -2.31. The average molecular weight is 327 g/mol. The van der Waals surface area contributed by atoms with Crippen LogP contribution in [0.25, 0.3) is 0 Å². The summed E-state index contributed by atoms with van der Waals surface area (Å²) in [5.41, 5.74) is -0.358. The number of carbonyl (C=O) groups excluding carboxylic acids is 2. The minimum Gasteiger partial charge on any atom is -0.322 e. The van der Waals surface area contributed by atoms with Crippen molar-refractivity contribution in [3.63, 3.8) is 0 Å². The highest BCUT2D eigenvalue weighted by molar-refractivity contribution is 9.09. The van der Waals surface area contributed by atoms with Gasteiger partial charge in [-0.25, -0.2) is 8.78 Å². The van der Waals surface area contributed by atoms with Crippen LogP contribution >= 0.6 is 27.5 Å². The Labute approximate surface area is 109 Å². The van der Waals surface area contributed by atoms with E-state index in [-0.39, 0.29) is 11.0 Å². The molecule has 0 aliphatic carbocycles. The molecular weight excluding hydrogens is 319 g/mol. The number of ketones is 1. The number of benzene rings is 1. The van der Waals surface area contributed by atoms with E-state index in [4.69, 9.17) is 11.6 Å². The molecule has 0 radical (unpaired) electrons. The summed E-state index contributed by atoms with van der Waals surface area (Å²) in [5.74, 6) is -3.77. The Morgan fingerprint density at radius 1 is 1.41 bits per heavy atom. The van der Waals surface area contributed by atoms with Gasteiger partial charge in [0, 0.05) is 0 Å². The van der Waals surface area contributed by atoms with Gasteiger partial charge in [0.05, 0.1) is 11.0 Å². The van der Waals surface area contributed by atoms with Crippen LogP contribution in [-0.4, -0.2) is 22.4 Å². The second kappa shape index (κ2) is 6.07. The molecule has 0 fully saturated rings. The molecule has 0 saturated carbocycles. The van der Waals surface area contributed by atoms with Gasteiger partial charge in [0.1, 0.15) is 0 Å². The number of nitrogens with one attached hydrogen (secondary N) is 1. The van der Waals surface area contributed by atoms with E-state index in [1.807, 2.05) is 5.32 Å². The highest BCUT2D eigenvalue weighted by Gasteiger charge is 2.23. The molecular formula is C10H7BrClF2NO2. The number of hydrogen-bond donors (Lipinski definition) is 1. The molecule has 92 valence electrons. The van der Waals surface area contributed by atoms with Gasteiger partial charge in [-0.3, -0.25) is 9.59 Å². The molecule has 1 amide bonds. The largest absolute Gasteiger partial charge is 0.322 e. The number of alkyl halides is 2. The number of rotatable bonds is 4. The van der Waals surface area contributed by atoms with Crippen LogP contribution in [0.3, 0.4) is 0 Å². The third-order valence-corrected chi connectivity index (χ3v) is 2.85. The Morgan fingerprint density at radius 3 is 2.65 bits per heavy atom. The summed E-state index contributed by atoms with van der Waals surface area (Å²) in [6.45, 7) is 0. The van der Waals surface area contributed by atoms with Gasteiger partial charge in [-0.15, -0.1) is 11.6 Å². The van der Waals surface area contributed by atoms with E-state index < -0.39 is 28.7 Å². The van der Waals surface area contributed by atoms with Crippen molar-refractivity contribution in [1.29, 1.82) is 0 Å². The Bertz CT molecular complexity index is 456. The predicted octanol–water partition coefficient (Wildman–Crippen LogP) is 2.47. The van der Waals surface area contributed by atoms with Gasteiger partial charge < -0.3 is 5.32 Å². The zero-order valence-corrected chi connectivity index (χ0v) is 10.7. The van der Waals surface area contributed by atoms with Crippen LogP contribution in [-0.2, 0) is 9.59 Å². The van der Waals surface area contributed by atoms with E-state index in [9.17, 15) is 18.4 Å². The van der Waals surface area contributed by atoms with E-state index in [0.29, 0.717) is 0 Å². The average Bonchev–Trinajstić information content (AvgIpc) is 2.32. The summed E-state index contributed by atoms with van der Waals surface area (Å²) < 4.78 is 26.0. The maximum absolute atomic E-state index is 13.2. The number of carbonyl (C=O) groups is 2. The molecule has 1 aromatic rings. The summed E-state index contributed by atoms with van der Waals surface area (Å²) in [7, 11) is 0. The number of halogens is 4. The van der Waals surface area contributed by atoms with Crippen LogP contribution in [0.4, 0.5) is 14.5 Å². The van der Waals surface area contributed by atoms with Crippen molar-refractivity contribution >= 4 is 44.9 Å². The zero-order chi connectivity index (χ0) is 13.0. The fraction of sp³-hybridized carbons (Fsp3) is 0.200. The van der Waals surface area contributed by atoms with Crippen LogP contribution < -0.4 is 5.32 Å². The van der Waals surface area contributed by atoms with Gasteiger partial charge in [0.2, 0.25) is 5.91 Å². The minimum atomic E-state index is -1.45. The molecule has 7 heteroatoms. The second-order valence-corrected chi connectivity index (χ2v) is 4.05. The first-order valence-corrected chi connectivity index (χ1v) is 6.00. The van der Waals surface area contributed by atoms with Crippen LogP contribution in [0.2, 0.25) is 0 Å². The molecule has 0 aliphatic rings. The maximum atomic E-state index is 13.2. The third kappa shape index (κ3) is 3.47. The Kier molecular flexibility index (Phi) is 5.02. The van der Waals surface area contributed by atoms with E-state index >= 15 is 0 Å². The summed E-state index contributed by atoms with van der Waals surface area (Å²) in [6, 6.07) is 3.30. The van der Waals surface area contributed by atoms with Crippen LogP contribution in [0.5, 0.6) is 0 Å². The van der Waals surface area contributed by atoms with Gasteiger partial charge in [-0.2, -0.15) is 0 Å². The lowest BCUT2D eigenvalue weighted by atomic mass is 10.2. The standard InChI is InChI=1S/C10H7BrClF2NO2/c11-4-7(16)8(12)10(17)15-6-3-1-2-5(13)9(6)14/h1-3,8H,4H2,(H,15,17). The zero-order valence-electron chi connectivity index (χ0n) is 8.34. The lowest BCUT2D eigenvalue weighted by Gasteiger charge is -2.09. The minimum absolute atomic E-state index is 0.0970. The van der Waals surface area contributed by atoms with Crippen LogP contribution in [0.1, 0.15) is 0 Å². The van der Waals surface area contributed by atoms with Crippen molar-refractivity contribution in [3.8, 4) is 0 Å². The Morgan fingerprint density at radius 2 is 2.06 bits per heavy atom. The number of amides is 1. The van der Waals surface area contributed by atoms with Gasteiger partial charge >= 0.3 is 0 Å². The molecule has 0 heterocycles. The molecule has 0 saturated heterocycles. The van der Waals surface area contributed by atoms with Gasteiger partial charge in [-0.1, -0.05) is 22.0 Å². The van der Waals surface area contributed by atoms with Crippen LogP contribution in [0, 0.1) is 11.6 Å². The highest BCUT2D eigenvalue weighted by atomic mass is 79.9. The number of Topliss-reactive ketones (excluding diaryl/α,β-unsaturated/α-hetero) is 1. The molecule has 17 heavy (non-hydrogen) atoms. The fourth-order valence-corrected chi connectivity index (χ4v) is 1.65. The van der Waals surface area contributed by atoms with Crippen molar-refractivity contribution in [2.75, 3.05) is 10.6 Å². The van der Waals surface area contributed by atoms with E-state index in [1.165, 1.54) is 12.1 Å². The van der Waals surface area contributed by atoms with Crippen molar-refractivity contribution in [2.45, 2.75) is 5.38 Å². The highest BCUT2D eigenvalue weighted by Crippen LogP contribution is 2.17. The first-order chi connectivity index (χ1) is 7.97. The molecule has 1 unspecified atom stereocenters. The maximum Gasteiger partial charge on any atom is 0.250 e. The van der Waals surface area contributed by atoms with Gasteiger partial charge in [0.25, 0.3) is 0 Å². The van der Waals surface area contributed by atoms with Crippen molar-refractivity contribution in [2.24, 2.45) is 0 Å². The first kappa shape index (κ1) is 14.1. The molecule has 3 nitrogen and oxygen atoms in total. The quantitative estimate of drug-likeness (QED) is 0.682.